The monoisotopic (exact) mass is 387 g/mol. The van der Waals surface area contributed by atoms with Crippen LogP contribution in [0.1, 0.15) is 35.4 Å². The largest absolute Gasteiger partial charge is 0.383 e. The molecule has 7 heteroatoms. The summed E-state index contributed by atoms with van der Waals surface area (Å²) < 4.78 is 21.3. The summed E-state index contributed by atoms with van der Waals surface area (Å²) in [5.74, 6) is 0.588. The highest BCUT2D eigenvalue weighted by atomic mass is 19.1. The normalized spacial score (nSPS) is 15.5. The Morgan fingerprint density at radius 2 is 2.04 bits per heavy atom. The van der Waals surface area contributed by atoms with Crippen molar-refractivity contribution >= 4 is 5.96 Å². The van der Waals surface area contributed by atoms with Gasteiger partial charge < -0.3 is 15.4 Å². The number of aryl methyl sites for hydroxylation is 1. The van der Waals surface area contributed by atoms with Crippen molar-refractivity contribution in [2.45, 2.75) is 45.2 Å². The molecule has 1 saturated carbocycles. The summed E-state index contributed by atoms with van der Waals surface area (Å²) in [6, 6.07) is 7.06. The van der Waals surface area contributed by atoms with Gasteiger partial charge in [0.25, 0.3) is 0 Å². The molecule has 152 valence electrons. The number of halogens is 1. The minimum absolute atomic E-state index is 0.125. The number of hydrogen-bond donors (Lipinski definition) is 2. The van der Waals surface area contributed by atoms with Gasteiger partial charge in [0.15, 0.2) is 5.96 Å². The fraction of sp³-hybridized carbons (Fsp3) is 0.524. The molecule has 0 amide bonds. The Balaban J connectivity index is 1.59. The predicted molar refractivity (Wildman–Crippen MR) is 109 cm³/mol. The van der Waals surface area contributed by atoms with Gasteiger partial charge in [0, 0.05) is 43.9 Å². The molecule has 0 spiro atoms. The zero-order valence-corrected chi connectivity index (χ0v) is 17.2. The van der Waals surface area contributed by atoms with Gasteiger partial charge in [-0.25, -0.2) is 4.39 Å². The first-order valence-corrected chi connectivity index (χ1v) is 9.72. The molecule has 28 heavy (non-hydrogen) atoms. The number of nitrogens with one attached hydrogen (secondary N) is 2. The van der Waals surface area contributed by atoms with E-state index in [1.165, 1.54) is 6.07 Å². The molecule has 0 aliphatic heterocycles. The molecule has 2 aromatic rings. The highest BCUT2D eigenvalue weighted by Crippen LogP contribution is 2.48. The molecule has 0 bridgehead atoms. The van der Waals surface area contributed by atoms with Crippen molar-refractivity contribution in [3.63, 3.8) is 0 Å². The molecule has 1 fully saturated rings. The number of guanidine groups is 1. The van der Waals surface area contributed by atoms with Crippen molar-refractivity contribution in [2.24, 2.45) is 4.99 Å². The van der Waals surface area contributed by atoms with Crippen molar-refractivity contribution in [3.05, 3.63) is 52.6 Å². The summed E-state index contributed by atoms with van der Waals surface area (Å²) >= 11 is 0. The van der Waals surface area contributed by atoms with E-state index in [2.05, 4.69) is 27.6 Å². The Hall–Kier alpha value is -2.41. The number of hydrogen-bond acceptors (Lipinski definition) is 3. The van der Waals surface area contributed by atoms with E-state index in [4.69, 9.17) is 4.74 Å². The van der Waals surface area contributed by atoms with Gasteiger partial charge in [-0.3, -0.25) is 9.67 Å². The number of aromatic nitrogens is 2. The molecule has 3 rings (SSSR count). The van der Waals surface area contributed by atoms with Crippen LogP contribution in [0.3, 0.4) is 0 Å². The van der Waals surface area contributed by atoms with Crippen LogP contribution >= 0.6 is 0 Å². The molecule has 1 aliphatic carbocycles. The van der Waals surface area contributed by atoms with E-state index < -0.39 is 0 Å². The van der Waals surface area contributed by atoms with Crippen LogP contribution in [0.25, 0.3) is 0 Å². The molecule has 1 aliphatic rings. The molecule has 0 unspecified atom stereocenters. The van der Waals surface area contributed by atoms with Gasteiger partial charge in [-0.1, -0.05) is 18.2 Å². The van der Waals surface area contributed by atoms with E-state index >= 15 is 0 Å². The van der Waals surface area contributed by atoms with Crippen LogP contribution in [0.4, 0.5) is 4.39 Å². The van der Waals surface area contributed by atoms with E-state index in [1.807, 2.05) is 23.7 Å². The number of rotatable bonds is 8. The summed E-state index contributed by atoms with van der Waals surface area (Å²) in [5, 5.41) is 11.3. The fourth-order valence-electron chi connectivity index (χ4n) is 3.61. The lowest BCUT2D eigenvalue weighted by molar-refractivity contribution is 0.182. The molecular formula is C21H30FN5O. The molecule has 1 heterocycles. The van der Waals surface area contributed by atoms with Crippen LogP contribution in [-0.4, -0.2) is 43.0 Å². The van der Waals surface area contributed by atoms with Gasteiger partial charge in [-0.2, -0.15) is 5.10 Å². The second kappa shape index (κ2) is 8.73. The Morgan fingerprint density at radius 1 is 1.29 bits per heavy atom. The average molecular weight is 388 g/mol. The summed E-state index contributed by atoms with van der Waals surface area (Å²) in [5.41, 5.74) is 3.96. The molecule has 0 saturated heterocycles. The van der Waals surface area contributed by atoms with Crippen molar-refractivity contribution in [1.82, 2.24) is 20.4 Å². The van der Waals surface area contributed by atoms with Crippen LogP contribution in [0, 0.1) is 19.7 Å². The molecule has 0 atom stereocenters. The Morgan fingerprint density at radius 3 is 2.68 bits per heavy atom. The minimum atomic E-state index is -0.125. The third-order valence-corrected chi connectivity index (χ3v) is 5.59. The van der Waals surface area contributed by atoms with Gasteiger partial charge in [0.05, 0.1) is 18.8 Å². The van der Waals surface area contributed by atoms with Gasteiger partial charge in [0.1, 0.15) is 5.82 Å². The molecule has 1 aromatic heterocycles. The maximum atomic E-state index is 14.2. The van der Waals surface area contributed by atoms with Crippen molar-refractivity contribution in [3.8, 4) is 0 Å². The highest BCUT2D eigenvalue weighted by molar-refractivity contribution is 5.79. The lowest BCUT2D eigenvalue weighted by Crippen LogP contribution is -2.41. The maximum Gasteiger partial charge on any atom is 0.191 e. The van der Waals surface area contributed by atoms with Crippen molar-refractivity contribution in [1.29, 1.82) is 0 Å². The van der Waals surface area contributed by atoms with Gasteiger partial charge in [-0.05, 0) is 38.3 Å². The van der Waals surface area contributed by atoms with Gasteiger partial charge >= 0.3 is 0 Å². The van der Waals surface area contributed by atoms with Crippen molar-refractivity contribution < 1.29 is 9.13 Å². The fourth-order valence-corrected chi connectivity index (χ4v) is 3.61. The first kappa shape index (κ1) is 20.3. The van der Waals surface area contributed by atoms with Gasteiger partial charge in [-0.15, -0.1) is 0 Å². The van der Waals surface area contributed by atoms with Crippen LogP contribution in [-0.2, 0) is 23.2 Å². The Labute approximate surface area is 166 Å². The first-order chi connectivity index (χ1) is 13.5. The quantitative estimate of drug-likeness (QED) is 0.540. The number of ether oxygens (including phenoxy) is 1. The minimum Gasteiger partial charge on any atom is -0.383 e. The maximum absolute atomic E-state index is 14.2. The number of aliphatic imine (C=N–C) groups is 1. The summed E-state index contributed by atoms with van der Waals surface area (Å²) in [6.07, 6.45) is 1.98. The molecule has 2 N–H and O–H groups in total. The summed E-state index contributed by atoms with van der Waals surface area (Å²) in [4.78, 5) is 4.32. The smallest absolute Gasteiger partial charge is 0.191 e. The van der Waals surface area contributed by atoms with Crippen molar-refractivity contribution in [2.75, 3.05) is 27.3 Å². The van der Waals surface area contributed by atoms with Crippen LogP contribution in [0.2, 0.25) is 0 Å². The lowest BCUT2D eigenvalue weighted by atomic mass is 9.95. The second-order valence-electron chi connectivity index (χ2n) is 7.40. The van der Waals surface area contributed by atoms with Gasteiger partial charge in [0.2, 0.25) is 0 Å². The topological polar surface area (TPSA) is 63.5 Å². The van der Waals surface area contributed by atoms with Crippen LogP contribution in [0.15, 0.2) is 29.3 Å². The number of benzene rings is 1. The SMILES string of the molecule is CN=C(NCc1c(C)nn(CCOC)c1C)NCC1(c2ccccc2F)CC1. The molecule has 6 nitrogen and oxygen atoms in total. The summed E-state index contributed by atoms with van der Waals surface area (Å²) in [7, 11) is 3.44. The number of nitrogens with zero attached hydrogens (tertiary/aromatic N) is 3. The zero-order valence-electron chi connectivity index (χ0n) is 17.2. The Kier molecular flexibility index (Phi) is 6.34. The third kappa shape index (κ3) is 4.35. The number of methoxy groups -OCH3 is 1. The standard InChI is InChI=1S/C21H30FN5O/c1-15-17(16(2)27(26-15)11-12-28-4)13-24-20(23-3)25-14-21(9-10-21)18-7-5-6-8-19(18)22/h5-8H,9-14H2,1-4H3,(H2,23,24,25). The average Bonchev–Trinajstić information content (AvgIpc) is 3.43. The zero-order chi connectivity index (χ0) is 20.1. The van der Waals surface area contributed by atoms with E-state index in [0.717, 1.165) is 41.9 Å². The predicted octanol–water partition coefficient (Wildman–Crippen LogP) is 2.68. The third-order valence-electron chi connectivity index (χ3n) is 5.59. The summed E-state index contributed by atoms with van der Waals surface area (Å²) in [6.45, 7) is 6.76. The van der Waals surface area contributed by atoms with E-state index in [-0.39, 0.29) is 11.2 Å². The van der Waals surface area contributed by atoms with Crippen LogP contribution < -0.4 is 10.6 Å². The molecular weight excluding hydrogens is 357 g/mol. The van der Waals surface area contributed by atoms with E-state index in [0.29, 0.717) is 25.7 Å². The highest BCUT2D eigenvalue weighted by Gasteiger charge is 2.45. The Bertz CT molecular complexity index is 841. The first-order valence-electron chi connectivity index (χ1n) is 9.72. The lowest BCUT2D eigenvalue weighted by Gasteiger charge is -2.19. The second-order valence-corrected chi connectivity index (χ2v) is 7.40. The molecule has 0 radical (unpaired) electrons. The van der Waals surface area contributed by atoms with E-state index in [9.17, 15) is 4.39 Å². The van der Waals surface area contributed by atoms with E-state index in [1.54, 1.807) is 20.2 Å². The van der Waals surface area contributed by atoms with Crippen LogP contribution in [0.5, 0.6) is 0 Å². The molecule has 1 aromatic carbocycles.